The van der Waals surface area contributed by atoms with E-state index in [9.17, 15) is 24.4 Å². The average Bonchev–Trinajstić information content (AvgIpc) is 3.47. The largest absolute Gasteiger partial charge is 0.445 e. The van der Waals surface area contributed by atoms with Crippen molar-refractivity contribution >= 4 is 29.5 Å². The van der Waals surface area contributed by atoms with Crippen LogP contribution in [0.5, 0.6) is 0 Å². The van der Waals surface area contributed by atoms with E-state index in [1.54, 1.807) is 26.8 Å². The van der Waals surface area contributed by atoms with Gasteiger partial charge in [0.25, 0.3) is 0 Å². The highest BCUT2D eigenvalue weighted by atomic mass is 16.5. The molecule has 3 N–H and O–H groups in total. The molecule has 10 nitrogen and oxygen atoms in total. The molecule has 0 radical (unpaired) electrons. The molecule has 42 heavy (non-hydrogen) atoms. The molecule has 2 aliphatic rings. The van der Waals surface area contributed by atoms with Gasteiger partial charge in [0.2, 0.25) is 17.7 Å². The number of carbonyl (C=O) groups is 4. The van der Waals surface area contributed by atoms with Gasteiger partial charge in [0, 0.05) is 18.7 Å². The molecule has 1 spiro atoms. The Morgan fingerprint density at radius 2 is 1.76 bits per heavy atom. The van der Waals surface area contributed by atoms with Crippen molar-refractivity contribution in [3.05, 3.63) is 65.7 Å². The van der Waals surface area contributed by atoms with Crippen molar-refractivity contribution in [1.29, 1.82) is 5.26 Å². The molecule has 4 amide bonds. The summed E-state index contributed by atoms with van der Waals surface area (Å²) in [5.41, 5.74) is 0.512. The van der Waals surface area contributed by atoms with E-state index in [2.05, 4.69) is 22.0 Å². The Balaban J connectivity index is 1.51. The third-order valence-electron chi connectivity index (χ3n) is 7.84. The summed E-state index contributed by atoms with van der Waals surface area (Å²) in [6.45, 7) is 9.36. The van der Waals surface area contributed by atoms with E-state index in [1.807, 2.05) is 62.4 Å². The number of hydrogen-bond acceptors (Lipinski definition) is 6. The topological polar surface area (TPSA) is 141 Å². The molecule has 0 aromatic heterocycles. The number of hydrogen-bond donors (Lipinski definition) is 3. The number of likely N-dealkylation sites (tertiary alicyclic amines) is 1. The van der Waals surface area contributed by atoms with Gasteiger partial charge >= 0.3 is 6.09 Å². The molecule has 2 aliphatic heterocycles. The number of nitrogens with zero attached hydrogens (tertiary/aromatic N) is 2. The first-order chi connectivity index (χ1) is 19.9. The van der Waals surface area contributed by atoms with E-state index in [-0.39, 0.29) is 31.4 Å². The number of amides is 4. The maximum absolute atomic E-state index is 14.0. The molecule has 0 unspecified atom stereocenters. The zero-order valence-electron chi connectivity index (χ0n) is 24.8. The van der Waals surface area contributed by atoms with Gasteiger partial charge in [0.05, 0.1) is 11.5 Å². The van der Waals surface area contributed by atoms with Gasteiger partial charge in [0.1, 0.15) is 24.7 Å². The number of nitriles is 1. The third-order valence-corrected chi connectivity index (χ3v) is 7.84. The third kappa shape index (κ3) is 6.40. The zero-order chi connectivity index (χ0) is 30.7. The molecule has 0 bridgehead atoms. The average molecular weight is 574 g/mol. The lowest BCUT2D eigenvalue weighted by Crippen LogP contribution is -2.58. The molecule has 2 heterocycles. The fourth-order valence-electron chi connectivity index (χ4n) is 5.69. The second kappa shape index (κ2) is 12.2. The summed E-state index contributed by atoms with van der Waals surface area (Å²) in [7, 11) is 0. The molecule has 0 aliphatic carbocycles. The Kier molecular flexibility index (Phi) is 8.90. The maximum Gasteiger partial charge on any atom is 0.408 e. The lowest BCUT2D eigenvalue weighted by Gasteiger charge is -2.33. The fraction of sp³-hybridized carbons (Fsp3) is 0.469. The minimum Gasteiger partial charge on any atom is -0.445 e. The van der Waals surface area contributed by atoms with Crippen LogP contribution in [-0.2, 0) is 31.1 Å². The number of carbonyl (C=O) groups excluding carboxylic acids is 4. The maximum atomic E-state index is 14.0. The van der Waals surface area contributed by atoms with Crippen LogP contribution in [0.25, 0.3) is 0 Å². The summed E-state index contributed by atoms with van der Waals surface area (Å²) in [5.74, 6) is -1.18. The predicted octanol–water partition coefficient (Wildman–Crippen LogP) is 3.87. The van der Waals surface area contributed by atoms with Crippen molar-refractivity contribution in [1.82, 2.24) is 15.5 Å². The van der Waals surface area contributed by atoms with Crippen molar-refractivity contribution in [2.75, 3.05) is 11.9 Å². The number of alkyl carbamates (subject to hydrolysis) is 1. The molecule has 10 heteroatoms. The van der Waals surface area contributed by atoms with Crippen LogP contribution in [-0.4, -0.2) is 53.4 Å². The van der Waals surface area contributed by atoms with E-state index >= 15 is 0 Å². The molecule has 222 valence electrons. The zero-order valence-corrected chi connectivity index (χ0v) is 24.8. The van der Waals surface area contributed by atoms with Gasteiger partial charge in [-0.05, 0) is 34.9 Å². The molecular formula is C32H39N5O5. The highest BCUT2D eigenvalue weighted by Crippen LogP contribution is 2.46. The lowest BCUT2D eigenvalue weighted by molar-refractivity contribution is -0.138. The number of para-hydroxylation sites is 1. The van der Waals surface area contributed by atoms with E-state index in [0.717, 1.165) is 11.1 Å². The number of ether oxygens (including phenoxy) is 1. The van der Waals surface area contributed by atoms with Crippen LogP contribution in [0.1, 0.15) is 58.6 Å². The first-order valence-electron chi connectivity index (χ1n) is 14.2. The highest BCUT2D eigenvalue weighted by Gasteiger charge is 2.56. The second-order valence-corrected chi connectivity index (χ2v) is 12.6. The molecule has 2 aromatic rings. The standard InChI is InChI=1S/C32H39N5O5/c1-20(2)15-25(34-27(38)26(31(3,4)5)36-30(41)42-18-21-11-7-6-8-12-21)28(39)37-19-32(16-22(37)17-33)23-13-9-10-14-24(23)35-29(32)40/h6-14,20,22,25-26H,15-16,18-19H2,1-5H3,(H,34,38)(H,35,40)(H,36,41)/t22-,25-,26+,32-/m0/s1. The first kappa shape index (κ1) is 30.6. The van der Waals surface area contributed by atoms with E-state index in [0.29, 0.717) is 12.1 Å². The molecule has 1 saturated heterocycles. The van der Waals surface area contributed by atoms with Crippen molar-refractivity contribution in [2.45, 2.75) is 77.6 Å². The molecule has 4 rings (SSSR count). The van der Waals surface area contributed by atoms with Gasteiger partial charge in [-0.15, -0.1) is 0 Å². The molecule has 0 saturated carbocycles. The highest BCUT2D eigenvalue weighted by molar-refractivity contribution is 6.07. The Morgan fingerprint density at radius 1 is 1.10 bits per heavy atom. The Hall–Kier alpha value is -4.39. The Bertz CT molecular complexity index is 1380. The van der Waals surface area contributed by atoms with E-state index < -0.39 is 46.9 Å². The summed E-state index contributed by atoms with van der Waals surface area (Å²) >= 11 is 0. The summed E-state index contributed by atoms with van der Waals surface area (Å²) in [5, 5.41) is 18.4. The minimum absolute atomic E-state index is 0.0312. The van der Waals surface area contributed by atoms with Crippen molar-refractivity contribution in [3.63, 3.8) is 0 Å². The molecule has 2 aromatic carbocycles. The van der Waals surface area contributed by atoms with Crippen LogP contribution in [0.3, 0.4) is 0 Å². The Morgan fingerprint density at radius 3 is 2.40 bits per heavy atom. The molecular weight excluding hydrogens is 534 g/mol. The normalized spacial score (nSPS) is 20.8. The summed E-state index contributed by atoms with van der Waals surface area (Å²) in [6, 6.07) is 15.9. The van der Waals surface area contributed by atoms with Crippen LogP contribution in [0, 0.1) is 22.7 Å². The quantitative estimate of drug-likeness (QED) is 0.438. The number of fused-ring (bicyclic) bond motifs is 2. The predicted molar refractivity (Wildman–Crippen MR) is 157 cm³/mol. The first-order valence-corrected chi connectivity index (χ1v) is 14.2. The van der Waals surface area contributed by atoms with E-state index in [4.69, 9.17) is 4.74 Å². The number of rotatable bonds is 8. The summed E-state index contributed by atoms with van der Waals surface area (Å²) < 4.78 is 5.34. The van der Waals surface area contributed by atoms with Crippen LogP contribution < -0.4 is 16.0 Å². The van der Waals surface area contributed by atoms with Crippen LogP contribution in [0.2, 0.25) is 0 Å². The van der Waals surface area contributed by atoms with E-state index in [1.165, 1.54) is 4.90 Å². The van der Waals surface area contributed by atoms with Crippen molar-refractivity contribution in [2.24, 2.45) is 11.3 Å². The number of benzene rings is 2. The van der Waals surface area contributed by atoms with Gasteiger partial charge in [-0.3, -0.25) is 14.4 Å². The lowest BCUT2D eigenvalue weighted by atomic mass is 9.80. The van der Waals surface area contributed by atoms with Gasteiger partial charge < -0.3 is 25.6 Å². The summed E-state index contributed by atoms with van der Waals surface area (Å²) in [6.07, 6.45) is -0.276. The van der Waals surface area contributed by atoms with Crippen molar-refractivity contribution < 1.29 is 23.9 Å². The molecule has 1 fully saturated rings. The number of nitrogens with one attached hydrogen (secondary N) is 3. The minimum atomic E-state index is -1.03. The molecule has 4 atom stereocenters. The SMILES string of the molecule is CC(C)C[C@H](NC(=O)[C@@H](NC(=O)OCc1ccccc1)C(C)(C)C)C(=O)N1C[C@]2(C[C@H]1C#N)C(=O)Nc1ccccc12. The van der Waals surface area contributed by atoms with Crippen LogP contribution >= 0.6 is 0 Å². The Labute approximate surface area is 246 Å². The van der Waals surface area contributed by atoms with Gasteiger partial charge in [-0.1, -0.05) is 83.1 Å². The van der Waals surface area contributed by atoms with Crippen LogP contribution in [0.4, 0.5) is 10.5 Å². The van der Waals surface area contributed by atoms with Crippen LogP contribution in [0.15, 0.2) is 54.6 Å². The summed E-state index contributed by atoms with van der Waals surface area (Å²) in [4.78, 5) is 54.9. The smallest absolute Gasteiger partial charge is 0.408 e. The fourth-order valence-corrected chi connectivity index (χ4v) is 5.69. The number of anilines is 1. The van der Waals surface area contributed by atoms with Gasteiger partial charge in [-0.25, -0.2) is 4.79 Å². The van der Waals surface area contributed by atoms with Gasteiger partial charge in [-0.2, -0.15) is 5.26 Å². The van der Waals surface area contributed by atoms with Crippen molar-refractivity contribution in [3.8, 4) is 6.07 Å². The monoisotopic (exact) mass is 573 g/mol. The van der Waals surface area contributed by atoms with Gasteiger partial charge in [0.15, 0.2) is 0 Å². The second-order valence-electron chi connectivity index (χ2n) is 12.6.